The zero-order valence-corrected chi connectivity index (χ0v) is 14.8. The fourth-order valence-electron chi connectivity index (χ4n) is 3.76. The smallest absolute Gasteiger partial charge is 0.150 e. The van der Waals surface area contributed by atoms with Crippen LogP contribution in [0.2, 0.25) is 0 Å². The maximum atomic E-state index is 5.79. The van der Waals surface area contributed by atoms with E-state index in [4.69, 9.17) is 9.47 Å². The predicted octanol–water partition coefficient (Wildman–Crippen LogP) is 3.60. The quantitative estimate of drug-likeness (QED) is 0.851. The molecule has 2 aromatic carbocycles. The first-order valence-electron chi connectivity index (χ1n) is 9.13. The topological polar surface area (TPSA) is 24.9 Å². The number of ether oxygens (including phenoxy) is 2. The summed E-state index contributed by atoms with van der Waals surface area (Å²) in [6.07, 6.45) is 2.59. The monoisotopic (exact) mass is 337 g/mol. The van der Waals surface area contributed by atoms with Gasteiger partial charge in [0, 0.05) is 37.4 Å². The van der Waals surface area contributed by atoms with Crippen LogP contribution in [-0.2, 0) is 4.74 Å². The SMILES string of the molecule is COc1c(-c2ccc(N3CCCC3)cc2)[c]ccc1N1CCOCC1. The highest BCUT2D eigenvalue weighted by Crippen LogP contribution is 2.39. The maximum absolute atomic E-state index is 5.79. The highest BCUT2D eigenvalue weighted by Gasteiger charge is 2.19. The molecule has 1 radical (unpaired) electrons. The number of morpholine rings is 1. The molecule has 0 bridgehead atoms. The number of hydrogen-bond acceptors (Lipinski definition) is 4. The van der Waals surface area contributed by atoms with Crippen molar-refractivity contribution in [2.24, 2.45) is 0 Å². The molecule has 2 aromatic rings. The van der Waals surface area contributed by atoms with Crippen molar-refractivity contribution in [2.75, 3.05) is 56.3 Å². The Kier molecular flexibility index (Phi) is 4.79. The van der Waals surface area contributed by atoms with E-state index in [0.29, 0.717) is 0 Å². The third kappa shape index (κ3) is 3.31. The second-order valence-electron chi connectivity index (χ2n) is 6.61. The molecule has 0 unspecified atom stereocenters. The van der Waals surface area contributed by atoms with Crippen LogP contribution in [0.1, 0.15) is 12.8 Å². The van der Waals surface area contributed by atoms with Crippen molar-refractivity contribution in [2.45, 2.75) is 12.8 Å². The average Bonchev–Trinajstić information content (AvgIpc) is 3.23. The Morgan fingerprint density at radius 3 is 2.32 bits per heavy atom. The lowest BCUT2D eigenvalue weighted by atomic mass is 10.0. The van der Waals surface area contributed by atoms with E-state index in [2.05, 4.69) is 46.2 Å². The summed E-state index contributed by atoms with van der Waals surface area (Å²) in [6, 6.07) is 16.3. The molecule has 0 N–H and O–H groups in total. The van der Waals surface area contributed by atoms with Gasteiger partial charge in [-0.15, -0.1) is 0 Å². The molecule has 2 aliphatic rings. The Morgan fingerprint density at radius 1 is 0.920 bits per heavy atom. The standard InChI is InChI=1S/C21H25N2O2/c1-24-21-19(5-4-6-20(21)23-13-15-25-16-14-23)17-7-9-18(10-8-17)22-11-2-3-12-22/h4,6-10H,2-3,11-16H2,1H3. The molecule has 0 spiro atoms. The van der Waals surface area contributed by atoms with Crippen LogP contribution >= 0.6 is 0 Å². The van der Waals surface area contributed by atoms with Gasteiger partial charge in [0.25, 0.3) is 0 Å². The van der Waals surface area contributed by atoms with Crippen molar-refractivity contribution in [3.05, 3.63) is 42.5 Å². The van der Waals surface area contributed by atoms with Gasteiger partial charge in [-0.2, -0.15) is 0 Å². The summed E-state index contributed by atoms with van der Waals surface area (Å²) in [5.74, 6) is 0.901. The minimum atomic E-state index is 0.766. The van der Waals surface area contributed by atoms with Gasteiger partial charge in [0.2, 0.25) is 0 Å². The Morgan fingerprint density at radius 2 is 1.64 bits per heavy atom. The van der Waals surface area contributed by atoms with Crippen molar-refractivity contribution in [1.82, 2.24) is 0 Å². The minimum absolute atomic E-state index is 0.766. The Balaban J connectivity index is 1.65. The van der Waals surface area contributed by atoms with Crippen molar-refractivity contribution in [1.29, 1.82) is 0 Å². The van der Waals surface area contributed by atoms with E-state index in [-0.39, 0.29) is 0 Å². The molecular weight excluding hydrogens is 312 g/mol. The molecule has 0 amide bonds. The van der Waals surface area contributed by atoms with E-state index >= 15 is 0 Å². The van der Waals surface area contributed by atoms with E-state index in [0.717, 1.165) is 48.9 Å². The Bertz CT molecular complexity index is 702. The number of benzene rings is 2. The van der Waals surface area contributed by atoms with E-state index < -0.39 is 0 Å². The van der Waals surface area contributed by atoms with Crippen LogP contribution in [-0.4, -0.2) is 46.5 Å². The van der Waals surface area contributed by atoms with Crippen molar-refractivity contribution in [3.8, 4) is 16.9 Å². The second kappa shape index (κ2) is 7.36. The maximum Gasteiger partial charge on any atom is 0.150 e. The molecule has 0 saturated carbocycles. The first kappa shape index (κ1) is 16.3. The molecule has 131 valence electrons. The molecule has 0 aromatic heterocycles. The van der Waals surface area contributed by atoms with Gasteiger partial charge in [-0.25, -0.2) is 0 Å². The summed E-state index contributed by atoms with van der Waals surface area (Å²) in [6.45, 7) is 5.66. The molecule has 4 nitrogen and oxygen atoms in total. The van der Waals surface area contributed by atoms with Gasteiger partial charge in [-0.1, -0.05) is 18.2 Å². The van der Waals surface area contributed by atoms with Gasteiger partial charge in [0.1, 0.15) is 0 Å². The van der Waals surface area contributed by atoms with Crippen LogP contribution in [0.4, 0.5) is 11.4 Å². The van der Waals surface area contributed by atoms with E-state index in [1.807, 2.05) is 6.07 Å². The molecule has 4 rings (SSSR count). The van der Waals surface area contributed by atoms with Crippen molar-refractivity contribution >= 4 is 11.4 Å². The van der Waals surface area contributed by atoms with E-state index in [9.17, 15) is 0 Å². The van der Waals surface area contributed by atoms with Crippen LogP contribution in [0.3, 0.4) is 0 Å². The number of anilines is 2. The first-order chi connectivity index (χ1) is 12.4. The van der Waals surface area contributed by atoms with Crippen LogP contribution in [0.25, 0.3) is 11.1 Å². The fraction of sp³-hybridized carbons (Fsp3) is 0.429. The summed E-state index contributed by atoms with van der Waals surface area (Å²) >= 11 is 0. The molecule has 25 heavy (non-hydrogen) atoms. The minimum Gasteiger partial charge on any atom is -0.494 e. The summed E-state index contributed by atoms with van der Waals surface area (Å²) < 4.78 is 11.3. The van der Waals surface area contributed by atoms with Gasteiger partial charge in [0.05, 0.1) is 26.0 Å². The summed E-state index contributed by atoms with van der Waals surface area (Å²) in [5.41, 5.74) is 4.61. The van der Waals surface area contributed by atoms with E-state index in [1.54, 1.807) is 7.11 Å². The summed E-state index contributed by atoms with van der Waals surface area (Å²) in [7, 11) is 1.75. The highest BCUT2D eigenvalue weighted by atomic mass is 16.5. The van der Waals surface area contributed by atoms with Crippen LogP contribution in [0.5, 0.6) is 5.75 Å². The zero-order chi connectivity index (χ0) is 17.1. The third-order valence-electron chi connectivity index (χ3n) is 5.11. The van der Waals surface area contributed by atoms with Gasteiger partial charge >= 0.3 is 0 Å². The third-order valence-corrected chi connectivity index (χ3v) is 5.11. The number of hydrogen-bond donors (Lipinski definition) is 0. The van der Waals surface area contributed by atoms with Gasteiger partial charge in [-0.05, 0) is 42.7 Å². The van der Waals surface area contributed by atoms with E-state index in [1.165, 1.54) is 31.6 Å². The van der Waals surface area contributed by atoms with Gasteiger partial charge < -0.3 is 19.3 Å². The highest BCUT2D eigenvalue weighted by molar-refractivity contribution is 5.79. The second-order valence-corrected chi connectivity index (χ2v) is 6.61. The molecule has 0 atom stereocenters. The van der Waals surface area contributed by atoms with Crippen molar-refractivity contribution < 1.29 is 9.47 Å². The van der Waals surface area contributed by atoms with Gasteiger partial charge in [0.15, 0.2) is 5.75 Å². The molecule has 4 heteroatoms. The molecular formula is C21H25N2O2. The number of rotatable bonds is 4. The summed E-state index contributed by atoms with van der Waals surface area (Å²) in [5, 5.41) is 0. The molecule has 2 saturated heterocycles. The van der Waals surface area contributed by atoms with Crippen LogP contribution in [0, 0.1) is 6.07 Å². The zero-order valence-electron chi connectivity index (χ0n) is 14.8. The molecule has 2 heterocycles. The Labute approximate surface area is 150 Å². The normalized spacial score (nSPS) is 17.8. The number of methoxy groups -OCH3 is 1. The lowest BCUT2D eigenvalue weighted by Crippen LogP contribution is -2.36. The Hall–Kier alpha value is -2.20. The molecule has 0 aliphatic carbocycles. The van der Waals surface area contributed by atoms with Crippen LogP contribution in [0.15, 0.2) is 36.4 Å². The molecule has 2 aliphatic heterocycles. The molecule has 2 fully saturated rings. The summed E-state index contributed by atoms with van der Waals surface area (Å²) in [4.78, 5) is 4.78. The average molecular weight is 337 g/mol. The van der Waals surface area contributed by atoms with Gasteiger partial charge in [-0.3, -0.25) is 0 Å². The predicted molar refractivity (Wildman–Crippen MR) is 102 cm³/mol. The largest absolute Gasteiger partial charge is 0.494 e. The number of nitrogens with zero attached hydrogens (tertiary/aromatic N) is 2. The lowest BCUT2D eigenvalue weighted by molar-refractivity contribution is 0.122. The fourth-order valence-corrected chi connectivity index (χ4v) is 3.76. The van der Waals surface area contributed by atoms with Crippen LogP contribution < -0.4 is 14.5 Å². The van der Waals surface area contributed by atoms with Crippen molar-refractivity contribution in [3.63, 3.8) is 0 Å². The lowest BCUT2D eigenvalue weighted by Gasteiger charge is -2.30. The first-order valence-corrected chi connectivity index (χ1v) is 9.13.